The first-order chi connectivity index (χ1) is 9.31. The molecule has 1 aromatic carbocycles. The molecule has 2 amide bonds. The molecule has 3 nitrogen and oxygen atoms in total. The average Bonchev–Trinajstić information content (AvgIpc) is 2.94. The molecule has 102 valence electrons. The second kappa shape index (κ2) is 6.98. The van der Waals surface area contributed by atoms with Gasteiger partial charge in [-0.05, 0) is 37.8 Å². The number of nitrogens with one attached hydrogen (secondary N) is 1. The zero-order chi connectivity index (χ0) is 13.5. The molecule has 1 aliphatic rings. The minimum absolute atomic E-state index is 0.0667. The molecule has 1 N–H and O–H groups in total. The molecule has 0 bridgehead atoms. The Labute approximate surface area is 115 Å². The molecule has 0 saturated heterocycles. The number of benzene rings is 1. The third kappa shape index (κ3) is 3.85. The summed E-state index contributed by atoms with van der Waals surface area (Å²) in [6.07, 6.45) is 9.07. The van der Waals surface area contributed by atoms with Crippen LogP contribution in [0.3, 0.4) is 0 Å². The van der Waals surface area contributed by atoms with Crippen LogP contribution in [0.5, 0.6) is 0 Å². The summed E-state index contributed by atoms with van der Waals surface area (Å²) >= 11 is 0. The van der Waals surface area contributed by atoms with Crippen molar-refractivity contribution < 1.29 is 4.79 Å². The predicted molar refractivity (Wildman–Crippen MR) is 79.1 cm³/mol. The predicted octanol–water partition coefficient (Wildman–Crippen LogP) is 3.93. The molecule has 19 heavy (non-hydrogen) atoms. The van der Waals surface area contributed by atoms with E-state index in [9.17, 15) is 4.79 Å². The van der Waals surface area contributed by atoms with E-state index in [1.165, 1.54) is 25.7 Å². The van der Waals surface area contributed by atoms with E-state index in [1.807, 2.05) is 43.5 Å². The molecule has 1 saturated carbocycles. The van der Waals surface area contributed by atoms with Gasteiger partial charge in [0.25, 0.3) is 0 Å². The van der Waals surface area contributed by atoms with E-state index >= 15 is 0 Å². The number of hydrogen-bond donors (Lipinski definition) is 1. The van der Waals surface area contributed by atoms with E-state index in [2.05, 4.69) is 11.4 Å². The second-order valence-corrected chi connectivity index (χ2v) is 4.93. The number of para-hydroxylation sites is 1. The van der Waals surface area contributed by atoms with Gasteiger partial charge in [0.1, 0.15) is 0 Å². The van der Waals surface area contributed by atoms with E-state index in [1.54, 1.807) is 4.90 Å². The lowest BCUT2D eigenvalue weighted by Gasteiger charge is -2.20. The molecule has 0 radical (unpaired) electrons. The van der Waals surface area contributed by atoms with Crippen molar-refractivity contribution >= 4 is 11.7 Å². The lowest BCUT2D eigenvalue weighted by molar-refractivity contribution is 0.249. The van der Waals surface area contributed by atoms with Crippen LogP contribution in [0.2, 0.25) is 0 Å². The topological polar surface area (TPSA) is 32.3 Å². The van der Waals surface area contributed by atoms with Crippen molar-refractivity contribution in [2.24, 2.45) is 5.92 Å². The molecule has 2 rings (SSSR count). The van der Waals surface area contributed by atoms with Crippen molar-refractivity contribution in [3.05, 3.63) is 42.6 Å². The van der Waals surface area contributed by atoms with Crippen LogP contribution in [0, 0.1) is 5.92 Å². The highest BCUT2D eigenvalue weighted by Crippen LogP contribution is 2.25. The van der Waals surface area contributed by atoms with Gasteiger partial charge in [0.2, 0.25) is 0 Å². The number of allylic oxidation sites excluding steroid dienone is 1. The van der Waals surface area contributed by atoms with Crippen LogP contribution < -0.4 is 10.2 Å². The number of urea groups is 1. The Balaban J connectivity index is 1.90. The van der Waals surface area contributed by atoms with Crippen LogP contribution in [0.4, 0.5) is 10.5 Å². The fourth-order valence-electron chi connectivity index (χ4n) is 2.53. The molecule has 3 heteroatoms. The Bertz CT molecular complexity index is 422. The van der Waals surface area contributed by atoms with E-state index in [4.69, 9.17) is 0 Å². The SMILES string of the molecule is CCN(C(=O)N/C=C/C1CCCC1)c1ccccc1. The number of nitrogens with zero attached hydrogens (tertiary/aromatic N) is 1. The van der Waals surface area contributed by atoms with Gasteiger partial charge in [-0.15, -0.1) is 0 Å². The number of carbonyl (C=O) groups is 1. The first-order valence-electron chi connectivity index (χ1n) is 7.11. The largest absolute Gasteiger partial charge is 0.325 e. The van der Waals surface area contributed by atoms with Crippen molar-refractivity contribution in [2.75, 3.05) is 11.4 Å². The minimum atomic E-state index is -0.0667. The summed E-state index contributed by atoms with van der Waals surface area (Å²) in [5.74, 6) is 0.645. The number of anilines is 1. The molecule has 0 atom stereocenters. The second-order valence-electron chi connectivity index (χ2n) is 4.93. The lowest BCUT2D eigenvalue weighted by Crippen LogP contribution is -2.37. The van der Waals surface area contributed by atoms with E-state index in [0.717, 1.165) is 5.69 Å². The molecular weight excluding hydrogens is 236 g/mol. The summed E-state index contributed by atoms with van der Waals surface area (Å²) in [5, 5.41) is 2.87. The third-order valence-corrected chi connectivity index (χ3v) is 3.60. The number of rotatable bonds is 4. The van der Waals surface area contributed by atoms with Gasteiger partial charge in [-0.25, -0.2) is 4.79 Å². The Morgan fingerprint density at radius 1 is 1.32 bits per heavy atom. The molecule has 0 spiro atoms. The smallest absolute Gasteiger partial charge is 0.315 e. The van der Waals surface area contributed by atoms with Gasteiger partial charge in [-0.3, -0.25) is 4.90 Å². The van der Waals surface area contributed by atoms with Gasteiger partial charge in [0.05, 0.1) is 0 Å². The molecular formula is C16H22N2O. The highest BCUT2D eigenvalue weighted by atomic mass is 16.2. The van der Waals surface area contributed by atoms with Crippen LogP contribution in [-0.4, -0.2) is 12.6 Å². The highest BCUT2D eigenvalue weighted by molar-refractivity contribution is 5.92. The van der Waals surface area contributed by atoms with Gasteiger partial charge < -0.3 is 5.32 Å². The summed E-state index contributed by atoms with van der Waals surface area (Å²) in [5.41, 5.74) is 0.928. The van der Waals surface area contributed by atoms with Crippen molar-refractivity contribution in [3.8, 4) is 0 Å². The first kappa shape index (κ1) is 13.7. The Kier molecular flexibility index (Phi) is 5.01. The molecule has 1 aromatic rings. The fourth-order valence-corrected chi connectivity index (χ4v) is 2.53. The quantitative estimate of drug-likeness (QED) is 0.872. The van der Waals surface area contributed by atoms with Crippen LogP contribution >= 0.6 is 0 Å². The molecule has 0 aromatic heterocycles. The minimum Gasteiger partial charge on any atom is -0.315 e. The number of carbonyl (C=O) groups excluding carboxylic acids is 1. The van der Waals surface area contributed by atoms with E-state index in [0.29, 0.717) is 12.5 Å². The monoisotopic (exact) mass is 258 g/mol. The third-order valence-electron chi connectivity index (χ3n) is 3.60. The summed E-state index contributed by atoms with van der Waals surface area (Å²) in [6.45, 7) is 2.64. The van der Waals surface area contributed by atoms with Gasteiger partial charge >= 0.3 is 6.03 Å². The van der Waals surface area contributed by atoms with Gasteiger partial charge in [0.15, 0.2) is 0 Å². The summed E-state index contributed by atoms with van der Waals surface area (Å²) in [6, 6.07) is 9.67. The maximum atomic E-state index is 12.1. The number of hydrogen-bond acceptors (Lipinski definition) is 1. The van der Waals surface area contributed by atoms with Gasteiger partial charge in [0, 0.05) is 18.4 Å². The zero-order valence-corrected chi connectivity index (χ0v) is 11.5. The van der Waals surface area contributed by atoms with E-state index < -0.39 is 0 Å². The van der Waals surface area contributed by atoms with Crippen LogP contribution in [0.15, 0.2) is 42.6 Å². The summed E-state index contributed by atoms with van der Waals surface area (Å²) in [4.78, 5) is 13.8. The zero-order valence-electron chi connectivity index (χ0n) is 11.5. The van der Waals surface area contributed by atoms with Crippen molar-refractivity contribution in [1.82, 2.24) is 5.32 Å². The van der Waals surface area contributed by atoms with Crippen LogP contribution in [0.1, 0.15) is 32.6 Å². The maximum absolute atomic E-state index is 12.1. The molecule has 0 heterocycles. The van der Waals surface area contributed by atoms with Crippen molar-refractivity contribution in [3.63, 3.8) is 0 Å². The van der Waals surface area contributed by atoms with Crippen molar-refractivity contribution in [1.29, 1.82) is 0 Å². The lowest BCUT2D eigenvalue weighted by atomic mass is 10.1. The van der Waals surface area contributed by atoms with Crippen LogP contribution in [0.25, 0.3) is 0 Å². The number of amides is 2. The van der Waals surface area contributed by atoms with Crippen LogP contribution in [-0.2, 0) is 0 Å². The molecule has 1 aliphatic carbocycles. The maximum Gasteiger partial charge on any atom is 0.325 e. The summed E-state index contributed by atoms with van der Waals surface area (Å²) in [7, 11) is 0. The van der Waals surface area contributed by atoms with Crippen molar-refractivity contribution in [2.45, 2.75) is 32.6 Å². The van der Waals surface area contributed by atoms with Gasteiger partial charge in [-0.1, -0.05) is 37.1 Å². The standard InChI is InChI=1S/C16H22N2O/c1-2-18(15-10-4-3-5-11-15)16(19)17-13-12-14-8-6-7-9-14/h3-5,10-14H,2,6-9H2,1H3,(H,17,19)/b13-12+. The normalized spacial score (nSPS) is 15.8. The van der Waals surface area contributed by atoms with Gasteiger partial charge in [-0.2, -0.15) is 0 Å². The Hall–Kier alpha value is -1.77. The molecule has 0 aliphatic heterocycles. The van der Waals surface area contributed by atoms with E-state index in [-0.39, 0.29) is 6.03 Å². The Morgan fingerprint density at radius 2 is 2.00 bits per heavy atom. The first-order valence-corrected chi connectivity index (χ1v) is 7.11. The molecule has 1 fully saturated rings. The highest BCUT2D eigenvalue weighted by Gasteiger charge is 2.13. The molecule has 0 unspecified atom stereocenters. The Morgan fingerprint density at radius 3 is 2.63 bits per heavy atom. The summed E-state index contributed by atoms with van der Waals surface area (Å²) < 4.78 is 0. The fraction of sp³-hybridized carbons (Fsp3) is 0.438. The average molecular weight is 258 g/mol.